The van der Waals surface area contributed by atoms with Crippen LogP contribution in [0.25, 0.3) is 0 Å². The number of carbonyl (C=O) groups excluding carboxylic acids is 1. The summed E-state index contributed by atoms with van der Waals surface area (Å²) in [6, 6.07) is 13.0. The fourth-order valence-corrected chi connectivity index (χ4v) is 1.90. The van der Waals surface area contributed by atoms with Gasteiger partial charge in [-0.15, -0.1) is 0 Å². The average molecular weight is 269 g/mol. The van der Waals surface area contributed by atoms with Crippen molar-refractivity contribution in [3.63, 3.8) is 0 Å². The molecule has 20 heavy (non-hydrogen) atoms. The van der Waals surface area contributed by atoms with Gasteiger partial charge in [0.25, 0.3) is 0 Å². The zero-order chi connectivity index (χ0) is 14.5. The van der Waals surface area contributed by atoms with Crippen LogP contribution in [0.5, 0.6) is 0 Å². The Hall–Kier alpha value is -2.33. The second kappa shape index (κ2) is 6.21. The molecule has 0 saturated carbocycles. The first-order valence-electron chi connectivity index (χ1n) is 6.53. The van der Waals surface area contributed by atoms with Gasteiger partial charge in [0, 0.05) is 17.9 Å². The number of anilines is 2. The molecule has 0 atom stereocenters. The molecule has 0 heterocycles. The smallest absolute Gasteiger partial charge is 0.323 e. The van der Waals surface area contributed by atoms with E-state index in [1.165, 1.54) is 0 Å². The number of carbonyl (C=O) groups is 1. The largest absolute Gasteiger partial charge is 0.326 e. The third-order valence-electron chi connectivity index (χ3n) is 3.30. The van der Waals surface area contributed by atoms with Crippen molar-refractivity contribution in [1.29, 1.82) is 0 Å². The number of amides is 2. The van der Waals surface area contributed by atoms with Gasteiger partial charge in [-0.1, -0.05) is 24.3 Å². The molecule has 0 aromatic heterocycles. The number of urea groups is 1. The van der Waals surface area contributed by atoms with Crippen LogP contribution in [0.4, 0.5) is 16.2 Å². The molecule has 0 radical (unpaired) electrons. The van der Waals surface area contributed by atoms with Gasteiger partial charge in [0.2, 0.25) is 0 Å². The second-order valence-electron chi connectivity index (χ2n) is 4.73. The molecule has 0 saturated heterocycles. The Kier molecular flexibility index (Phi) is 4.38. The van der Waals surface area contributed by atoms with Gasteiger partial charge >= 0.3 is 6.03 Å². The summed E-state index contributed by atoms with van der Waals surface area (Å²) in [5.41, 5.74) is 10.3. The minimum atomic E-state index is -0.251. The van der Waals surface area contributed by atoms with Crippen LogP contribution in [0.2, 0.25) is 0 Å². The van der Waals surface area contributed by atoms with E-state index >= 15 is 0 Å². The maximum Gasteiger partial charge on any atom is 0.323 e. The maximum atomic E-state index is 12.0. The number of rotatable bonds is 3. The Labute approximate surface area is 119 Å². The molecule has 0 aliphatic carbocycles. The summed E-state index contributed by atoms with van der Waals surface area (Å²) in [5.74, 6) is 0. The highest BCUT2D eigenvalue weighted by atomic mass is 16.2. The Morgan fingerprint density at radius 2 is 1.75 bits per heavy atom. The number of hydrogen-bond donors (Lipinski definition) is 3. The Balaban J connectivity index is 2.03. The summed E-state index contributed by atoms with van der Waals surface area (Å²) >= 11 is 0. The fourth-order valence-electron chi connectivity index (χ4n) is 1.90. The third-order valence-corrected chi connectivity index (χ3v) is 3.30. The second-order valence-corrected chi connectivity index (χ2v) is 4.73. The highest BCUT2D eigenvalue weighted by molar-refractivity contribution is 6.00. The fraction of sp³-hybridized carbons (Fsp3) is 0.188. The number of hydrogen-bond acceptors (Lipinski definition) is 2. The quantitative estimate of drug-likeness (QED) is 0.799. The van der Waals surface area contributed by atoms with E-state index in [4.69, 9.17) is 5.73 Å². The molecule has 0 unspecified atom stereocenters. The van der Waals surface area contributed by atoms with Crippen LogP contribution in [0.1, 0.15) is 16.7 Å². The summed E-state index contributed by atoms with van der Waals surface area (Å²) in [6.45, 7) is 4.50. The van der Waals surface area contributed by atoms with Gasteiger partial charge in [0.1, 0.15) is 0 Å². The molecule has 4 nitrogen and oxygen atoms in total. The van der Waals surface area contributed by atoms with E-state index in [1.807, 2.05) is 56.3 Å². The highest BCUT2D eigenvalue weighted by Gasteiger charge is 2.05. The summed E-state index contributed by atoms with van der Waals surface area (Å²) in [4.78, 5) is 12.0. The van der Waals surface area contributed by atoms with Crippen LogP contribution >= 0.6 is 0 Å². The van der Waals surface area contributed by atoms with Crippen molar-refractivity contribution in [2.24, 2.45) is 5.73 Å². The summed E-state index contributed by atoms with van der Waals surface area (Å²) in [5, 5.41) is 5.65. The van der Waals surface area contributed by atoms with Gasteiger partial charge in [0.15, 0.2) is 0 Å². The molecule has 0 bridgehead atoms. The van der Waals surface area contributed by atoms with Gasteiger partial charge in [-0.25, -0.2) is 4.79 Å². The molecule has 0 spiro atoms. The van der Waals surface area contributed by atoms with Gasteiger partial charge in [-0.05, 0) is 48.7 Å². The maximum absolute atomic E-state index is 12.0. The first-order valence-corrected chi connectivity index (χ1v) is 6.53. The lowest BCUT2D eigenvalue weighted by molar-refractivity contribution is 0.262. The molecule has 2 aromatic carbocycles. The Bertz CT molecular complexity index is 606. The monoisotopic (exact) mass is 269 g/mol. The molecule has 4 N–H and O–H groups in total. The lowest BCUT2D eigenvalue weighted by Crippen LogP contribution is -2.20. The minimum absolute atomic E-state index is 0.251. The van der Waals surface area contributed by atoms with Crippen LogP contribution < -0.4 is 16.4 Å². The number of aryl methyl sites for hydroxylation is 1. The molecular weight excluding hydrogens is 250 g/mol. The number of nitrogens with two attached hydrogens (primary N) is 1. The van der Waals surface area contributed by atoms with Crippen LogP contribution in [0.15, 0.2) is 42.5 Å². The summed E-state index contributed by atoms with van der Waals surface area (Å²) in [6.07, 6.45) is 0. The molecular formula is C16H19N3O. The van der Waals surface area contributed by atoms with Crippen molar-refractivity contribution in [1.82, 2.24) is 0 Å². The van der Waals surface area contributed by atoms with E-state index in [9.17, 15) is 4.79 Å². The van der Waals surface area contributed by atoms with E-state index in [-0.39, 0.29) is 6.03 Å². The van der Waals surface area contributed by atoms with Crippen molar-refractivity contribution >= 4 is 17.4 Å². The topological polar surface area (TPSA) is 67.2 Å². The summed E-state index contributed by atoms with van der Waals surface area (Å²) in [7, 11) is 0. The predicted molar refractivity (Wildman–Crippen MR) is 82.9 cm³/mol. The molecule has 104 valence electrons. The zero-order valence-corrected chi connectivity index (χ0v) is 11.7. The van der Waals surface area contributed by atoms with Crippen molar-refractivity contribution in [2.75, 3.05) is 10.6 Å². The van der Waals surface area contributed by atoms with Crippen molar-refractivity contribution in [2.45, 2.75) is 20.4 Å². The van der Waals surface area contributed by atoms with Gasteiger partial charge < -0.3 is 16.4 Å². The van der Waals surface area contributed by atoms with Crippen LogP contribution in [0.3, 0.4) is 0 Å². The molecule has 0 fully saturated rings. The SMILES string of the molecule is Cc1cccc(NC(=O)Nc2ccc(CN)cc2)c1C. The first kappa shape index (κ1) is 14.1. The van der Waals surface area contributed by atoms with Gasteiger partial charge in [0.05, 0.1) is 0 Å². The van der Waals surface area contributed by atoms with Crippen molar-refractivity contribution in [3.05, 3.63) is 59.2 Å². The van der Waals surface area contributed by atoms with E-state index in [0.29, 0.717) is 6.54 Å². The number of nitrogens with one attached hydrogen (secondary N) is 2. The molecule has 2 aromatic rings. The summed E-state index contributed by atoms with van der Waals surface area (Å²) < 4.78 is 0. The Morgan fingerprint density at radius 3 is 2.40 bits per heavy atom. The molecule has 2 amide bonds. The normalized spacial score (nSPS) is 10.2. The molecule has 0 aliphatic heterocycles. The third kappa shape index (κ3) is 3.36. The van der Waals surface area contributed by atoms with Gasteiger partial charge in [-0.2, -0.15) is 0 Å². The molecule has 2 rings (SSSR count). The highest BCUT2D eigenvalue weighted by Crippen LogP contribution is 2.18. The zero-order valence-electron chi connectivity index (χ0n) is 11.7. The lowest BCUT2D eigenvalue weighted by Gasteiger charge is -2.11. The van der Waals surface area contributed by atoms with Crippen molar-refractivity contribution in [3.8, 4) is 0 Å². The molecule has 0 aliphatic rings. The Morgan fingerprint density at radius 1 is 1.05 bits per heavy atom. The van der Waals surface area contributed by atoms with Crippen LogP contribution in [-0.2, 0) is 6.54 Å². The minimum Gasteiger partial charge on any atom is -0.326 e. The lowest BCUT2D eigenvalue weighted by atomic mass is 10.1. The molecule has 4 heteroatoms. The number of benzene rings is 2. The van der Waals surface area contributed by atoms with Crippen LogP contribution in [-0.4, -0.2) is 6.03 Å². The first-order chi connectivity index (χ1) is 9.60. The van der Waals surface area contributed by atoms with E-state index in [0.717, 1.165) is 28.1 Å². The van der Waals surface area contributed by atoms with Gasteiger partial charge in [-0.3, -0.25) is 0 Å². The van der Waals surface area contributed by atoms with E-state index in [1.54, 1.807) is 0 Å². The van der Waals surface area contributed by atoms with Crippen LogP contribution in [0, 0.1) is 13.8 Å². The van der Waals surface area contributed by atoms with E-state index < -0.39 is 0 Å². The predicted octanol–water partition coefficient (Wildman–Crippen LogP) is 3.41. The van der Waals surface area contributed by atoms with Crippen molar-refractivity contribution < 1.29 is 4.79 Å². The van der Waals surface area contributed by atoms with E-state index in [2.05, 4.69) is 10.6 Å². The standard InChI is InChI=1S/C16H19N3O/c1-11-4-3-5-15(12(11)2)19-16(20)18-14-8-6-13(10-17)7-9-14/h3-9H,10,17H2,1-2H3,(H2,18,19,20). The average Bonchev–Trinajstić information content (AvgIpc) is 2.45.